The van der Waals surface area contributed by atoms with E-state index >= 15 is 0 Å². The number of hydrogen-bond acceptors (Lipinski definition) is 0. The first-order valence-corrected chi connectivity index (χ1v) is 14.1. The molecule has 6 unspecified atom stereocenters. The minimum Gasteiger partial charge on any atom is -0.0669 e. The molecule has 1 heteroatoms. The van der Waals surface area contributed by atoms with Gasteiger partial charge in [0.15, 0.2) is 0 Å². The largest absolute Gasteiger partial charge is 0.109 e. The van der Waals surface area contributed by atoms with Crippen LogP contribution in [0.2, 0.25) is 5.31 Å². The molecule has 0 aromatic heterocycles. The van der Waals surface area contributed by atoms with E-state index in [1.807, 2.05) is 11.1 Å². The molecule has 2 aliphatic rings. The normalized spacial score (nSPS) is 32.7. The second-order valence-corrected chi connectivity index (χ2v) is 12.0. The van der Waals surface area contributed by atoms with E-state index in [1.54, 1.807) is 0 Å². The zero-order valence-corrected chi connectivity index (χ0v) is 22.0. The molecule has 2 rings (SSSR count). The van der Waals surface area contributed by atoms with Gasteiger partial charge in [-0.15, -0.1) is 0 Å². The molecule has 0 nitrogen and oxygen atoms in total. The van der Waals surface area contributed by atoms with E-state index in [0.717, 1.165) is 29.6 Å². The topological polar surface area (TPSA) is 0 Å². The average Bonchev–Trinajstić information content (AvgIpc) is 3.08. The van der Waals surface area contributed by atoms with Gasteiger partial charge in [-0.3, -0.25) is 0 Å². The monoisotopic (exact) mass is 414 g/mol. The van der Waals surface area contributed by atoms with Gasteiger partial charge in [-0.05, 0) is 81.0 Å². The molecule has 0 N–H and O–H groups in total. The van der Waals surface area contributed by atoms with Crippen LogP contribution in [0.5, 0.6) is 0 Å². The van der Waals surface area contributed by atoms with Crippen molar-refractivity contribution in [1.82, 2.24) is 0 Å². The predicted octanol–water partition coefficient (Wildman–Crippen LogP) is 9.15. The fourth-order valence-electron chi connectivity index (χ4n) is 7.18. The Bertz CT molecular complexity index is 516. The van der Waals surface area contributed by atoms with Crippen molar-refractivity contribution in [2.45, 2.75) is 143 Å². The maximum absolute atomic E-state index is 2.54. The van der Waals surface area contributed by atoms with Crippen LogP contribution in [0.4, 0.5) is 0 Å². The summed E-state index contributed by atoms with van der Waals surface area (Å²) >= 11 is 0. The molecule has 0 radical (unpaired) electrons. The highest BCUT2D eigenvalue weighted by Crippen LogP contribution is 2.53. The summed E-state index contributed by atoms with van der Waals surface area (Å²) in [5, 5.41) is 0.551. The third-order valence-electron chi connectivity index (χ3n) is 8.78. The Hall–Kier alpha value is -0.195. The second kappa shape index (κ2) is 12.7. The molecule has 174 valence electrons. The van der Waals surface area contributed by atoms with Gasteiger partial charge in [0, 0.05) is 0 Å². The lowest BCUT2D eigenvalue weighted by atomic mass is 9.65. The molecule has 2 fully saturated rings. The zero-order valence-electron chi connectivity index (χ0n) is 22.0. The molecule has 30 heavy (non-hydrogen) atoms. The molecule has 0 heterocycles. The van der Waals surface area contributed by atoms with Crippen LogP contribution in [0.3, 0.4) is 0 Å². The fourth-order valence-corrected chi connectivity index (χ4v) is 7.18. The van der Waals surface area contributed by atoms with Crippen LogP contribution in [0.15, 0.2) is 11.1 Å². The van der Waals surface area contributed by atoms with E-state index in [1.165, 1.54) is 96.3 Å². The summed E-state index contributed by atoms with van der Waals surface area (Å²) in [5.41, 5.74) is 4.05. The van der Waals surface area contributed by atoms with Crippen molar-refractivity contribution in [3.8, 4) is 0 Å². The van der Waals surface area contributed by atoms with Crippen LogP contribution in [-0.2, 0) is 0 Å². The van der Waals surface area contributed by atoms with Gasteiger partial charge >= 0.3 is 0 Å². The molecule has 0 bridgehead atoms. The molecule has 0 aromatic carbocycles. The van der Waals surface area contributed by atoms with Gasteiger partial charge in [-0.25, -0.2) is 0 Å². The van der Waals surface area contributed by atoms with E-state index in [-0.39, 0.29) is 0 Å². The van der Waals surface area contributed by atoms with Crippen molar-refractivity contribution >= 4 is 7.85 Å². The maximum Gasteiger partial charge on any atom is 0.109 e. The number of hydrogen-bond donors (Lipinski definition) is 0. The SMILES string of the molecule is BC1(C)CCC(/C(=C(\C(CC)CCC)C2CCCC(C)C2)C(CC)CCCCC)C1. The van der Waals surface area contributed by atoms with E-state index in [4.69, 9.17) is 0 Å². The van der Waals surface area contributed by atoms with Crippen LogP contribution < -0.4 is 0 Å². The van der Waals surface area contributed by atoms with E-state index in [9.17, 15) is 0 Å². The number of rotatable bonds is 12. The van der Waals surface area contributed by atoms with Crippen LogP contribution in [0.1, 0.15) is 138 Å². The van der Waals surface area contributed by atoms with Crippen molar-refractivity contribution < 1.29 is 0 Å². The summed E-state index contributed by atoms with van der Waals surface area (Å²) in [7, 11) is 2.54. The molecular formula is C29H55B. The molecule has 2 aliphatic carbocycles. The molecule has 0 spiro atoms. The highest BCUT2D eigenvalue weighted by Gasteiger charge is 2.38. The Morgan fingerprint density at radius 2 is 1.53 bits per heavy atom. The van der Waals surface area contributed by atoms with Gasteiger partial charge in [0.2, 0.25) is 0 Å². The summed E-state index contributed by atoms with van der Waals surface area (Å²) in [4.78, 5) is 0. The zero-order chi connectivity index (χ0) is 22.1. The highest BCUT2D eigenvalue weighted by molar-refractivity contribution is 6.15. The number of unbranched alkanes of at least 4 members (excludes halogenated alkanes) is 2. The highest BCUT2D eigenvalue weighted by atomic mass is 14.4. The average molecular weight is 415 g/mol. The van der Waals surface area contributed by atoms with Crippen LogP contribution in [-0.4, -0.2) is 7.85 Å². The lowest BCUT2D eigenvalue weighted by Crippen LogP contribution is -2.26. The van der Waals surface area contributed by atoms with Crippen LogP contribution in [0, 0.1) is 29.6 Å². The Labute approximate surface area is 191 Å². The van der Waals surface area contributed by atoms with E-state index in [0.29, 0.717) is 5.31 Å². The third kappa shape index (κ3) is 7.16. The molecule has 2 saturated carbocycles. The van der Waals surface area contributed by atoms with Gasteiger partial charge in [0.25, 0.3) is 0 Å². The summed E-state index contributed by atoms with van der Waals surface area (Å²) in [6.07, 6.45) is 21.4. The Balaban J connectivity index is 2.52. The van der Waals surface area contributed by atoms with Crippen LogP contribution >= 0.6 is 0 Å². The first-order chi connectivity index (χ1) is 14.4. The Morgan fingerprint density at radius 1 is 0.867 bits per heavy atom. The van der Waals surface area contributed by atoms with Crippen molar-refractivity contribution in [2.24, 2.45) is 29.6 Å². The maximum atomic E-state index is 2.54. The Kier molecular flexibility index (Phi) is 11.1. The fraction of sp³-hybridized carbons (Fsp3) is 0.931. The minimum absolute atomic E-state index is 0.551. The van der Waals surface area contributed by atoms with Gasteiger partial charge < -0.3 is 0 Å². The third-order valence-corrected chi connectivity index (χ3v) is 8.78. The second-order valence-electron chi connectivity index (χ2n) is 12.0. The Morgan fingerprint density at radius 3 is 2.07 bits per heavy atom. The van der Waals surface area contributed by atoms with Crippen LogP contribution in [0.25, 0.3) is 0 Å². The minimum atomic E-state index is 0.551. The van der Waals surface area contributed by atoms with Gasteiger partial charge in [0.1, 0.15) is 7.85 Å². The summed E-state index contributed by atoms with van der Waals surface area (Å²) in [6, 6.07) is 0. The summed E-state index contributed by atoms with van der Waals surface area (Å²) in [5.74, 6) is 4.41. The van der Waals surface area contributed by atoms with Crippen molar-refractivity contribution in [3.05, 3.63) is 11.1 Å². The molecule has 0 aromatic rings. The van der Waals surface area contributed by atoms with Gasteiger partial charge in [-0.1, -0.05) is 103 Å². The molecule has 0 aliphatic heterocycles. The van der Waals surface area contributed by atoms with E-state index < -0.39 is 0 Å². The van der Waals surface area contributed by atoms with Crippen molar-refractivity contribution in [3.63, 3.8) is 0 Å². The smallest absolute Gasteiger partial charge is 0.0669 e. The first kappa shape index (κ1) is 26.1. The van der Waals surface area contributed by atoms with Gasteiger partial charge in [-0.2, -0.15) is 0 Å². The van der Waals surface area contributed by atoms with Crippen molar-refractivity contribution in [2.75, 3.05) is 0 Å². The standard InChI is InChI=1S/C29H55B/c1-7-11-12-16-24(10-4)28(26-18-19-29(6,30)21-26)27(23(9-3)14-8-2)25-17-13-15-22(5)20-25/h22-26H,7-21,30H2,1-6H3/b28-27+. The van der Waals surface area contributed by atoms with Crippen molar-refractivity contribution in [1.29, 1.82) is 0 Å². The molecular weight excluding hydrogens is 359 g/mol. The quantitative estimate of drug-likeness (QED) is 0.170. The molecule has 6 atom stereocenters. The summed E-state index contributed by atoms with van der Waals surface area (Å²) in [6.45, 7) is 14.8. The lowest BCUT2D eigenvalue weighted by Gasteiger charge is -2.39. The van der Waals surface area contributed by atoms with Gasteiger partial charge in [0.05, 0.1) is 0 Å². The lowest BCUT2D eigenvalue weighted by molar-refractivity contribution is 0.280. The summed E-state index contributed by atoms with van der Waals surface area (Å²) < 4.78 is 0. The molecule has 0 saturated heterocycles. The number of allylic oxidation sites excluding steroid dienone is 2. The first-order valence-electron chi connectivity index (χ1n) is 14.1. The van der Waals surface area contributed by atoms with E-state index in [2.05, 4.69) is 49.4 Å². The molecule has 0 amide bonds. The predicted molar refractivity (Wildman–Crippen MR) is 139 cm³/mol.